The SMILES string of the molecule is C=CC(=O)NCc1ccc(-c2sc3c(-c4nccn4C)cnc(N)c3c2-c2ccc(Oc3nccc(C)n3)c(F)c2)cc1. The van der Waals surface area contributed by atoms with Crippen molar-refractivity contribution in [2.24, 2.45) is 7.05 Å². The number of ether oxygens (including phenoxy) is 1. The Bertz CT molecular complexity index is 2000. The lowest BCUT2D eigenvalue weighted by atomic mass is 9.97. The van der Waals surface area contributed by atoms with Crippen molar-refractivity contribution in [3.05, 3.63) is 103 Å². The number of nitrogens with zero attached hydrogens (tertiary/aromatic N) is 5. The number of pyridine rings is 1. The van der Waals surface area contributed by atoms with E-state index in [2.05, 4.69) is 31.8 Å². The number of aromatic nitrogens is 5. The van der Waals surface area contributed by atoms with Crippen LogP contribution in [0.4, 0.5) is 10.2 Å². The molecule has 0 saturated heterocycles. The first kappa shape index (κ1) is 27.7. The molecule has 1 amide bonds. The molecule has 214 valence electrons. The Balaban J connectivity index is 1.50. The van der Waals surface area contributed by atoms with Crippen molar-refractivity contribution in [2.75, 3.05) is 5.73 Å². The highest BCUT2D eigenvalue weighted by atomic mass is 32.1. The number of nitrogen functional groups attached to an aromatic ring is 1. The predicted octanol–water partition coefficient (Wildman–Crippen LogP) is 6.45. The molecular formula is C32H26FN7O2S. The Kier molecular flexibility index (Phi) is 7.39. The molecule has 0 radical (unpaired) electrons. The molecule has 43 heavy (non-hydrogen) atoms. The van der Waals surface area contributed by atoms with Crippen molar-refractivity contribution >= 4 is 33.1 Å². The zero-order valence-corrected chi connectivity index (χ0v) is 24.2. The molecule has 0 aliphatic heterocycles. The topological polar surface area (TPSA) is 121 Å². The molecule has 0 unspecified atom stereocenters. The largest absolute Gasteiger partial charge is 0.421 e. The molecular weight excluding hydrogens is 565 g/mol. The van der Waals surface area contributed by atoms with E-state index in [0.29, 0.717) is 29.0 Å². The smallest absolute Gasteiger partial charge is 0.322 e. The number of imidazole rings is 1. The van der Waals surface area contributed by atoms with E-state index in [1.165, 1.54) is 23.5 Å². The summed E-state index contributed by atoms with van der Waals surface area (Å²) in [5.41, 5.74) is 11.2. The van der Waals surface area contributed by atoms with Gasteiger partial charge in [-0.3, -0.25) is 4.79 Å². The minimum absolute atomic E-state index is 0.00107. The number of rotatable bonds is 8. The maximum atomic E-state index is 15.6. The van der Waals surface area contributed by atoms with Gasteiger partial charge in [-0.25, -0.2) is 24.3 Å². The fraction of sp³-hybridized carbons (Fsp3) is 0.0938. The monoisotopic (exact) mass is 591 g/mol. The Morgan fingerprint density at radius 3 is 2.60 bits per heavy atom. The minimum Gasteiger partial charge on any atom is -0.421 e. The lowest BCUT2D eigenvalue weighted by molar-refractivity contribution is -0.116. The number of halogens is 1. The standard InChI is InChI=1S/C32H26FN7O2S/c1-4-25(41)37-16-19-5-7-20(8-6-19)28-26(21-9-10-24(23(33)15-21)42-32-36-12-11-18(2)39-32)27-29(43-28)22(17-38-30(27)34)31-35-13-14-40(31)3/h4-15,17H,1,16H2,2-3H3,(H2,34,38)(H,37,41). The van der Waals surface area contributed by atoms with Crippen LogP contribution >= 0.6 is 11.3 Å². The fourth-order valence-electron chi connectivity index (χ4n) is 4.73. The van der Waals surface area contributed by atoms with Gasteiger partial charge in [0.25, 0.3) is 0 Å². The molecule has 0 aliphatic rings. The number of thiophene rings is 1. The van der Waals surface area contributed by atoms with E-state index in [0.717, 1.165) is 37.7 Å². The maximum absolute atomic E-state index is 15.6. The summed E-state index contributed by atoms with van der Waals surface area (Å²) in [7, 11) is 1.91. The van der Waals surface area contributed by atoms with Gasteiger partial charge in [0.1, 0.15) is 11.6 Å². The number of hydrogen-bond donors (Lipinski definition) is 2. The summed E-state index contributed by atoms with van der Waals surface area (Å²) in [6.45, 7) is 5.65. The lowest BCUT2D eigenvalue weighted by Gasteiger charge is -2.11. The molecule has 6 rings (SSSR count). The van der Waals surface area contributed by atoms with Gasteiger partial charge in [0.2, 0.25) is 5.91 Å². The van der Waals surface area contributed by atoms with Crippen LogP contribution in [-0.4, -0.2) is 30.4 Å². The van der Waals surface area contributed by atoms with Gasteiger partial charge in [0, 0.05) is 59.9 Å². The average molecular weight is 592 g/mol. The quantitative estimate of drug-likeness (QED) is 0.195. The Hall–Kier alpha value is -5.42. The van der Waals surface area contributed by atoms with Crippen LogP contribution in [0.5, 0.6) is 11.8 Å². The van der Waals surface area contributed by atoms with Crippen LogP contribution in [0.1, 0.15) is 11.3 Å². The van der Waals surface area contributed by atoms with Gasteiger partial charge in [-0.05, 0) is 47.9 Å². The van der Waals surface area contributed by atoms with E-state index in [4.69, 9.17) is 10.5 Å². The van der Waals surface area contributed by atoms with Crippen molar-refractivity contribution in [1.82, 2.24) is 29.8 Å². The molecule has 0 atom stereocenters. The van der Waals surface area contributed by atoms with Crippen molar-refractivity contribution in [1.29, 1.82) is 0 Å². The van der Waals surface area contributed by atoms with Crippen LogP contribution in [0, 0.1) is 12.7 Å². The summed E-state index contributed by atoms with van der Waals surface area (Å²) < 4.78 is 24.0. The molecule has 9 nitrogen and oxygen atoms in total. The number of anilines is 1. The number of fused-ring (bicyclic) bond motifs is 1. The summed E-state index contributed by atoms with van der Waals surface area (Å²) in [6, 6.07) is 14.4. The number of benzene rings is 2. The van der Waals surface area contributed by atoms with Gasteiger partial charge in [0.15, 0.2) is 11.6 Å². The third kappa shape index (κ3) is 5.45. The van der Waals surface area contributed by atoms with E-state index >= 15 is 4.39 Å². The minimum atomic E-state index is -0.576. The van der Waals surface area contributed by atoms with Crippen LogP contribution in [0.25, 0.3) is 43.0 Å². The zero-order valence-electron chi connectivity index (χ0n) is 23.3. The molecule has 11 heteroatoms. The first-order chi connectivity index (χ1) is 20.8. The highest BCUT2D eigenvalue weighted by Crippen LogP contribution is 2.49. The molecule has 2 aromatic carbocycles. The van der Waals surface area contributed by atoms with Crippen LogP contribution in [-0.2, 0) is 18.4 Å². The molecule has 0 fully saturated rings. The van der Waals surface area contributed by atoms with Crippen molar-refractivity contribution in [3.63, 3.8) is 0 Å². The van der Waals surface area contributed by atoms with Crippen LogP contribution < -0.4 is 15.8 Å². The zero-order chi connectivity index (χ0) is 30.1. The Labute approximate surface area is 250 Å². The van der Waals surface area contributed by atoms with Gasteiger partial charge in [-0.15, -0.1) is 11.3 Å². The van der Waals surface area contributed by atoms with E-state index in [1.807, 2.05) is 42.1 Å². The lowest BCUT2D eigenvalue weighted by Crippen LogP contribution is -2.19. The Morgan fingerprint density at radius 2 is 1.91 bits per heavy atom. The Morgan fingerprint density at radius 1 is 1.12 bits per heavy atom. The summed E-state index contributed by atoms with van der Waals surface area (Å²) in [5, 5.41) is 3.49. The molecule has 3 N–H and O–H groups in total. The summed E-state index contributed by atoms with van der Waals surface area (Å²) in [4.78, 5) is 29.8. The molecule has 0 aliphatic carbocycles. The maximum Gasteiger partial charge on any atom is 0.322 e. The van der Waals surface area contributed by atoms with E-state index in [-0.39, 0.29) is 17.7 Å². The van der Waals surface area contributed by atoms with Crippen molar-refractivity contribution in [2.45, 2.75) is 13.5 Å². The highest BCUT2D eigenvalue weighted by molar-refractivity contribution is 7.23. The van der Waals surface area contributed by atoms with E-state index in [1.54, 1.807) is 43.7 Å². The number of amides is 1. The number of carbonyl (C=O) groups is 1. The van der Waals surface area contributed by atoms with Gasteiger partial charge in [0.05, 0.1) is 10.3 Å². The van der Waals surface area contributed by atoms with Crippen LogP contribution in [0.3, 0.4) is 0 Å². The number of aryl methyl sites for hydroxylation is 2. The van der Waals surface area contributed by atoms with Gasteiger partial charge in [-0.2, -0.15) is 0 Å². The third-order valence-electron chi connectivity index (χ3n) is 6.87. The number of nitrogens with one attached hydrogen (secondary N) is 1. The molecule has 6 aromatic rings. The van der Waals surface area contributed by atoms with Gasteiger partial charge < -0.3 is 20.4 Å². The van der Waals surface area contributed by atoms with E-state index in [9.17, 15) is 4.79 Å². The van der Waals surface area contributed by atoms with Crippen molar-refractivity contribution in [3.8, 4) is 44.7 Å². The number of hydrogen-bond acceptors (Lipinski definition) is 8. The first-order valence-electron chi connectivity index (χ1n) is 13.3. The van der Waals surface area contributed by atoms with Crippen molar-refractivity contribution < 1.29 is 13.9 Å². The number of nitrogens with two attached hydrogens (primary N) is 1. The fourth-order valence-corrected chi connectivity index (χ4v) is 6.08. The summed E-state index contributed by atoms with van der Waals surface area (Å²) in [5.74, 6) is 0.236. The van der Waals surface area contributed by atoms with E-state index < -0.39 is 5.82 Å². The number of carbonyl (C=O) groups excluding carboxylic acids is 1. The second-order valence-corrected chi connectivity index (χ2v) is 10.8. The second-order valence-electron chi connectivity index (χ2n) is 9.78. The molecule has 0 saturated carbocycles. The molecule has 0 spiro atoms. The molecule has 4 aromatic heterocycles. The molecule has 0 bridgehead atoms. The predicted molar refractivity (Wildman–Crippen MR) is 166 cm³/mol. The normalized spacial score (nSPS) is 11.0. The average Bonchev–Trinajstić information content (AvgIpc) is 3.62. The first-order valence-corrected chi connectivity index (χ1v) is 14.1. The van der Waals surface area contributed by atoms with Gasteiger partial charge in [-0.1, -0.05) is 36.9 Å². The summed E-state index contributed by atoms with van der Waals surface area (Å²) in [6.07, 6.45) is 8.10. The molecule has 4 heterocycles. The third-order valence-corrected chi connectivity index (χ3v) is 8.14. The highest BCUT2D eigenvalue weighted by Gasteiger charge is 2.23. The van der Waals surface area contributed by atoms with Crippen LogP contribution in [0.2, 0.25) is 0 Å². The summed E-state index contributed by atoms with van der Waals surface area (Å²) >= 11 is 1.53. The second kappa shape index (κ2) is 11.5. The van der Waals surface area contributed by atoms with Gasteiger partial charge >= 0.3 is 6.01 Å². The van der Waals surface area contributed by atoms with Crippen LogP contribution in [0.15, 0.2) is 86.0 Å².